The van der Waals surface area contributed by atoms with E-state index in [4.69, 9.17) is 4.74 Å². The Morgan fingerprint density at radius 3 is 2.43 bits per heavy atom. The van der Waals surface area contributed by atoms with Gasteiger partial charge in [-0.2, -0.15) is 0 Å². The minimum Gasteiger partial charge on any atom is -0.459 e. The van der Waals surface area contributed by atoms with E-state index in [-0.39, 0.29) is 17.0 Å². The fourth-order valence-corrected chi connectivity index (χ4v) is 3.26. The molecule has 21 heavy (non-hydrogen) atoms. The van der Waals surface area contributed by atoms with Crippen molar-refractivity contribution in [1.82, 2.24) is 0 Å². The van der Waals surface area contributed by atoms with Gasteiger partial charge in [-0.25, -0.2) is 0 Å². The summed E-state index contributed by atoms with van der Waals surface area (Å²) in [6.07, 6.45) is 6.84. The van der Waals surface area contributed by atoms with Gasteiger partial charge in [0.25, 0.3) is 0 Å². The van der Waals surface area contributed by atoms with Crippen LogP contribution < -0.4 is 0 Å². The first-order valence-electron chi connectivity index (χ1n) is 8.19. The monoisotopic (exact) mass is 288 g/mol. The van der Waals surface area contributed by atoms with E-state index >= 15 is 0 Å². The van der Waals surface area contributed by atoms with Crippen LogP contribution in [0, 0.1) is 0 Å². The van der Waals surface area contributed by atoms with E-state index in [1.165, 1.54) is 18.4 Å². The van der Waals surface area contributed by atoms with Crippen molar-refractivity contribution in [2.75, 3.05) is 0 Å². The van der Waals surface area contributed by atoms with Gasteiger partial charge >= 0.3 is 5.97 Å². The molecule has 0 bridgehead atoms. The molecule has 1 aromatic carbocycles. The maximum atomic E-state index is 12.0. The Morgan fingerprint density at radius 2 is 1.81 bits per heavy atom. The first-order chi connectivity index (χ1) is 9.91. The summed E-state index contributed by atoms with van der Waals surface area (Å²) in [5.41, 5.74) is 1.26. The molecule has 0 aromatic heterocycles. The van der Waals surface area contributed by atoms with Crippen LogP contribution in [0.3, 0.4) is 0 Å². The van der Waals surface area contributed by atoms with E-state index in [0.717, 1.165) is 25.7 Å². The molecule has 2 nitrogen and oxygen atoms in total. The molecule has 2 heteroatoms. The van der Waals surface area contributed by atoms with Crippen molar-refractivity contribution in [3.05, 3.63) is 35.9 Å². The molecule has 0 amide bonds. The summed E-state index contributed by atoms with van der Waals surface area (Å²) in [5, 5.41) is 0. The van der Waals surface area contributed by atoms with Crippen molar-refractivity contribution in [2.24, 2.45) is 0 Å². The van der Waals surface area contributed by atoms with E-state index in [9.17, 15) is 4.79 Å². The van der Waals surface area contributed by atoms with Gasteiger partial charge in [0.05, 0.1) is 0 Å². The highest BCUT2D eigenvalue weighted by Crippen LogP contribution is 2.33. The SMILES string of the molecule is CC1(OC(=O)CCCC(C)(C)c2ccccc2)CCCC1. The predicted octanol–water partition coefficient (Wildman–Crippen LogP) is 5.01. The molecule has 1 saturated carbocycles. The number of ether oxygens (including phenoxy) is 1. The number of esters is 1. The Kier molecular flexibility index (Phi) is 5.08. The van der Waals surface area contributed by atoms with Crippen molar-refractivity contribution in [2.45, 2.75) is 76.7 Å². The Bertz CT molecular complexity index is 456. The third-order valence-corrected chi connectivity index (χ3v) is 4.76. The lowest BCUT2D eigenvalue weighted by Crippen LogP contribution is -2.28. The molecule has 0 spiro atoms. The number of benzene rings is 1. The van der Waals surface area contributed by atoms with Crippen LogP contribution in [0.5, 0.6) is 0 Å². The zero-order valence-electron chi connectivity index (χ0n) is 13.7. The first-order valence-corrected chi connectivity index (χ1v) is 8.19. The molecule has 0 aliphatic heterocycles. The third-order valence-electron chi connectivity index (χ3n) is 4.76. The van der Waals surface area contributed by atoms with Crippen molar-refractivity contribution < 1.29 is 9.53 Å². The minimum atomic E-state index is -0.188. The standard InChI is InChI=1S/C19H28O2/c1-18(2,16-10-5-4-6-11-16)13-9-12-17(20)21-19(3)14-7-8-15-19/h4-6,10-11H,7-9,12-15H2,1-3H3. The van der Waals surface area contributed by atoms with E-state index < -0.39 is 0 Å². The van der Waals surface area contributed by atoms with Gasteiger partial charge < -0.3 is 4.74 Å². The molecule has 1 aromatic rings. The summed E-state index contributed by atoms with van der Waals surface area (Å²) in [4.78, 5) is 12.0. The summed E-state index contributed by atoms with van der Waals surface area (Å²) >= 11 is 0. The van der Waals surface area contributed by atoms with E-state index in [0.29, 0.717) is 6.42 Å². The van der Waals surface area contributed by atoms with Gasteiger partial charge in [-0.1, -0.05) is 44.2 Å². The quantitative estimate of drug-likeness (QED) is 0.688. The van der Waals surface area contributed by atoms with Gasteiger partial charge in [0.2, 0.25) is 0 Å². The molecule has 0 radical (unpaired) electrons. The minimum absolute atomic E-state index is 0.0248. The molecule has 1 aliphatic carbocycles. The molecule has 116 valence electrons. The van der Waals surface area contributed by atoms with Crippen LogP contribution in [0.15, 0.2) is 30.3 Å². The number of rotatable bonds is 6. The Morgan fingerprint density at radius 1 is 1.19 bits per heavy atom. The average Bonchev–Trinajstić information content (AvgIpc) is 2.86. The Balaban J connectivity index is 1.77. The topological polar surface area (TPSA) is 26.3 Å². The molecule has 0 atom stereocenters. The van der Waals surface area contributed by atoms with Crippen LogP contribution in [-0.2, 0) is 14.9 Å². The lowest BCUT2D eigenvalue weighted by molar-refractivity contribution is -0.157. The summed E-state index contributed by atoms with van der Waals surface area (Å²) in [6.45, 7) is 6.56. The van der Waals surface area contributed by atoms with Crippen LogP contribution in [0.4, 0.5) is 0 Å². The number of hydrogen-bond acceptors (Lipinski definition) is 2. The average molecular weight is 288 g/mol. The van der Waals surface area contributed by atoms with Gasteiger partial charge in [-0.3, -0.25) is 4.79 Å². The molecule has 1 fully saturated rings. The normalized spacial score (nSPS) is 17.7. The second-order valence-corrected chi connectivity index (χ2v) is 7.23. The van der Waals surface area contributed by atoms with Crippen LogP contribution in [0.1, 0.15) is 71.3 Å². The number of carbonyl (C=O) groups is 1. The lowest BCUT2D eigenvalue weighted by Gasteiger charge is -2.26. The van der Waals surface area contributed by atoms with Gasteiger partial charge in [-0.15, -0.1) is 0 Å². The third kappa shape index (κ3) is 4.59. The molecular weight excluding hydrogens is 260 g/mol. The number of carbonyl (C=O) groups excluding carboxylic acids is 1. The summed E-state index contributed by atoms with van der Waals surface area (Å²) in [6, 6.07) is 10.5. The lowest BCUT2D eigenvalue weighted by atomic mass is 9.80. The van der Waals surface area contributed by atoms with E-state index in [1.54, 1.807) is 0 Å². The fraction of sp³-hybridized carbons (Fsp3) is 0.632. The largest absolute Gasteiger partial charge is 0.459 e. The van der Waals surface area contributed by atoms with Crippen molar-refractivity contribution in [3.63, 3.8) is 0 Å². The van der Waals surface area contributed by atoms with Crippen molar-refractivity contribution >= 4 is 5.97 Å². The zero-order chi connectivity index (χ0) is 15.3. The maximum absolute atomic E-state index is 12.0. The summed E-state index contributed by atoms with van der Waals surface area (Å²) in [7, 11) is 0. The molecule has 0 saturated heterocycles. The fourth-order valence-electron chi connectivity index (χ4n) is 3.26. The number of hydrogen-bond donors (Lipinski definition) is 0. The molecule has 0 unspecified atom stereocenters. The van der Waals surface area contributed by atoms with Gasteiger partial charge in [0, 0.05) is 6.42 Å². The Labute approximate surface area is 128 Å². The van der Waals surface area contributed by atoms with E-state index in [2.05, 4.69) is 45.0 Å². The second-order valence-electron chi connectivity index (χ2n) is 7.23. The van der Waals surface area contributed by atoms with Crippen LogP contribution in [0.25, 0.3) is 0 Å². The predicted molar refractivity (Wildman–Crippen MR) is 86.3 cm³/mol. The van der Waals surface area contributed by atoms with Gasteiger partial charge in [0.1, 0.15) is 5.60 Å². The summed E-state index contributed by atoms with van der Waals surface area (Å²) < 4.78 is 5.68. The second kappa shape index (κ2) is 6.64. The van der Waals surface area contributed by atoms with Crippen LogP contribution in [0.2, 0.25) is 0 Å². The summed E-state index contributed by atoms with van der Waals surface area (Å²) in [5.74, 6) is -0.0248. The zero-order valence-corrected chi connectivity index (χ0v) is 13.7. The highest BCUT2D eigenvalue weighted by Gasteiger charge is 2.32. The highest BCUT2D eigenvalue weighted by molar-refractivity contribution is 5.69. The molecule has 2 rings (SSSR count). The smallest absolute Gasteiger partial charge is 0.306 e. The molecule has 0 N–H and O–H groups in total. The van der Waals surface area contributed by atoms with Crippen LogP contribution >= 0.6 is 0 Å². The molecule has 1 aliphatic rings. The van der Waals surface area contributed by atoms with Gasteiger partial charge in [0.15, 0.2) is 0 Å². The highest BCUT2D eigenvalue weighted by atomic mass is 16.6. The first kappa shape index (κ1) is 16.1. The Hall–Kier alpha value is -1.31. The molecular formula is C19H28O2. The van der Waals surface area contributed by atoms with Crippen LogP contribution in [-0.4, -0.2) is 11.6 Å². The van der Waals surface area contributed by atoms with Gasteiger partial charge in [-0.05, 0) is 56.4 Å². The van der Waals surface area contributed by atoms with Crippen molar-refractivity contribution in [1.29, 1.82) is 0 Å². The molecule has 0 heterocycles. The maximum Gasteiger partial charge on any atom is 0.306 e. The van der Waals surface area contributed by atoms with E-state index in [1.807, 2.05) is 6.07 Å². The van der Waals surface area contributed by atoms with Crippen molar-refractivity contribution in [3.8, 4) is 0 Å².